The lowest BCUT2D eigenvalue weighted by atomic mass is 10.2. The van der Waals surface area contributed by atoms with Crippen LogP contribution in [0.5, 0.6) is 0 Å². The molecule has 0 unspecified atom stereocenters. The molecule has 102 valence electrons. The molecule has 2 heterocycles. The van der Waals surface area contributed by atoms with E-state index in [4.69, 9.17) is 4.74 Å². The van der Waals surface area contributed by atoms with Gasteiger partial charge >= 0.3 is 0 Å². The van der Waals surface area contributed by atoms with E-state index in [2.05, 4.69) is 15.5 Å². The highest BCUT2D eigenvalue weighted by atomic mass is 16.5. The van der Waals surface area contributed by atoms with Gasteiger partial charge in [-0.05, 0) is 13.0 Å². The van der Waals surface area contributed by atoms with Gasteiger partial charge in [-0.3, -0.25) is 9.48 Å². The summed E-state index contributed by atoms with van der Waals surface area (Å²) in [4.78, 5) is 11.9. The molecule has 0 aliphatic carbocycles. The Bertz CT molecular complexity index is 572. The molecule has 7 heteroatoms. The van der Waals surface area contributed by atoms with Crippen LogP contribution >= 0.6 is 0 Å². The van der Waals surface area contributed by atoms with Crippen LogP contribution < -0.4 is 5.32 Å². The van der Waals surface area contributed by atoms with Gasteiger partial charge in [0.1, 0.15) is 12.4 Å². The van der Waals surface area contributed by atoms with Crippen LogP contribution in [0.4, 0.5) is 0 Å². The van der Waals surface area contributed by atoms with Crippen LogP contribution in [0.1, 0.15) is 21.7 Å². The third-order valence-corrected chi connectivity index (χ3v) is 2.69. The quantitative estimate of drug-likeness (QED) is 0.850. The number of carbonyl (C=O) groups is 1. The number of methoxy groups -OCH3 is 1. The summed E-state index contributed by atoms with van der Waals surface area (Å²) >= 11 is 0. The summed E-state index contributed by atoms with van der Waals surface area (Å²) in [6, 6.07) is 1.66. The molecule has 19 heavy (non-hydrogen) atoms. The molecule has 2 aromatic heterocycles. The van der Waals surface area contributed by atoms with Crippen molar-refractivity contribution in [2.75, 3.05) is 7.11 Å². The van der Waals surface area contributed by atoms with Crippen molar-refractivity contribution in [3.8, 4) is 0 Å². The second-order valence-corrected chi connectivity index (χ2v) is 4.25. The van der Waals surface area contributed by atoms with Crippen molar-refractivity contribution in [1.29, 1.82) is 0 Å². The van der Waals surface area contributed by atoms with Crippen LogP contribution in [0.2, 0.25) is 0 Å². The topological polar surface area (TPSA) is 74.0 Å². The molecule has 0 bridgehead atoms. The van der Waals surface area contributed by atoms with Crippen molar-refractivity contribution in [3.63, 3.8) is 0 Å². The molecule has 0 saturated carbocycles. The molecular weight excluding hydrogens is 246 g/mol. The van der Waals surface area contributed by atoms with Crippen LogP contribution in [0, 0.1) is 6.92 Å². The average molecular weight is 263 g/mol. The minimum atomic E-state index is -0.210. The largest absolute Gasteiger partial charge is 0.362 e. The zero-order valence-electron chi connectivity index (χ0n) is 11.3. The number of hydrogen-bond acceptors (Lipinski definition) is 4. The Hall–Kier alpha value is -2.15. The molecular formula is C12H17N5O2. The second kappa shape index (κ2) is 5.66. The summed E-state index contributed by atoms with van der Waals surface area (Å²) < 4.78 is 8.21. The van der Waals surface area contributed by atoms with E-state index < -0.39 is 0 Å². The summed E-state index contributed by atoms with van der Waals surface area (Å²) in [5, 5.41) is 11.1. The smallest absolute Gasteiger partial charge is 0.272 e. The number of nitrogens with one attached hydrogen (secondary N) is 1. The highest BCUT2D eigenvalue weighted by molar-refractivity contribution is 5.92. The first-order valence-corrected chi connectivity index (χ1v) is 5.90. The van der Waals surface area contributed by atoms with Crippen LogP contribution in [0.25, 0.3) is 0 Å². The maximum absolute atomic E-state index is 11.9. The molecule has 0 fully saturated rings. The first kappa shape index (κ1) is 13.3. The predicted molar refractivity (Wildman–Crippen MR) is 68.4 cm³/mol. The molecule has 1 N–H and O–H groups in total. The standard InChI is InChI=1S/C12H17N5O2/c1-9-10(7-16(2)14-9)6-13-12(18)11-4-5-17(15-11)8-19-3/h4-5,7H,6,8H2,1-3H3,(H,13,18). The van der Waals surface area contributed by atoms with Crippen LogP contribution in [0.15, 0.2) is 18.5 Å². The lowest BCUT2D eigenvalue weighted by molar-refractivity contribution is 0.0938. The molecule has 0 atom stereocenters. The number of aryl methyl sites for hydroxylation is 2. The normalized spacial score (nSPS) is 10.7. The van der Waals surface area contributed by atoms with Gasteiger partial charge < -0.3 is 10.1 Å². The molecule has 0 aliphatic heterocycles. The molecule has 7 nitrogen and oxygen atoms in total. The zero-order valence-corrected chi connectivity index (χ0v) is 11.3. The number of aromatic nitrogens is 4. The fourth-order valence-corrected chi connectivity index (χ4v) is 1.78. The number of carbonyl (C=O) groups excluding carboxylic acids is 1. The van der Waals surface area contributed by atoms with E-state index in [-0.39, 0.29) is 5.91 Å². The van der Waals surface area contributed by atoms with Crippen molar-refractivity contribution in [1.82, 2.24) is 24.9 Å². The van der Waals surface area contributed by atoms with Crippen LogP contribution in [-0.4, -0.2) is 32.6 Å². The summed E-state index contributed by atoms with van der Waals surface area (Å²) in [7, 11) is 3.43. The van der Waals surface area contributed by atoms with E-state index in [0.29, 0.717) is 19.0 Å². The molecule has 0 aliphatic rings. The molecule has 0 radical (unpaired) electrons. The van der Waals surface area contributed by atoms with Crippen molar-refractivity contribution in [3.05, 3.63) is 35.4 Å². The van der Waals surface area contributed by atoms with E-state index >= 15 is 0 Å². The third-order valence-electron chi connectivity index (χ3n) is 2.69. The van der Waals surface area contributed by atoms with Crippen molar-refractivity contribution < 1.29 is 9.53 Å². The number of ether oxygens (including phenoxy) is 1. The number of amides is 1. The van der Waals surface area contributed by atoms with Gasteiger partial charge in [-0.25, -0.2) is 4.68 Å². The van der Waals surface area contributed by atoms with E-state index in [1.54, 1.807) is 28.7 Å². The van der Waals surface area contributed by atoms with Gasteiger partial charge in [-0.2, -0.15) is 10.2 Å². The Balaban J connectivity index is 1.95. The first-order valence-electron chi connectivity index (χ1n) is 5.90. The summed E-state index contributed by atoms with van der Waals surface area (Å²) in [5.41, 5.74) is 2.28. The Morgan fingerprint density at radius 2 is 2.26 bits per heavy atom. The van der Waals surface area contributed by atoms with E-state index in [9.17, 15) is 4.79 Å². The minimum absolute atomic E-state index is 0.210. The lowest BCUT2D eigenvalue weighted by Crippen LogP contribution is -2.23. The maximum atomic E-state index is 11.9. The molecule has 2 aromatic rings. The first-order chi connectivity index (χ1) is 9.10. The third kappa shape index (κ3) is 3.19. The molecule has 0 spiro atoms. The highest BCUT2D eigenvalue weighted by Gasteiger charge is 2.10. The molecule has 2 rings (SSSR count). The van der Waals surface area contributed by atoms with E-state index in [1.807, 2.05) is 20.2 Å². The molecule has 0 aromatic carbocycles. The Morgan fingerprint density at radius 3 is 2.89 bits per heavy atom. The fourth-order valence-electron chi connectivity index (χ4n) is 1.78. The van der Waals surface area contributed by atoms with Crippen LogP contribution in [-0.2, 0) is 25.1 Å². The van der Waals surface area contributed by atoms with Crippen molar-refractivity contribution in [2.24, 2.45) is 7.05 Å². The van der Waals surface area contributed by atoms with Crippen LogP contribution in [0.3, 0.4) is 0 Å². The van der Waals surface area contributed by atoms with Gasteiger partial charge in [-0.1, -0.05) is 0 Å². The van der Waals surface area contributed by atoms with Gasteiger partial charge in [0, 0.05) is 38.7 Å². The lowest BCUT2D eigenvalue weighted by Gasteiger charge is -2.02. The van der Waals surface area contributed by atoms with E-state index in [1.165, 1.54) is 0 Å². The zero-order chi connectivity index (χ0) is 13.8. The van der Waals surface area contributed by atoms with E-state index in [0.717, 1.165) is 11.3 Å². The van der Waals surface area contributed by atoms with Gasteiger partial charge in [0.15, 0.2) is 0 Å². The fraction of sp³-hybridized carbons (Fsp3) is 0.417. The van der Waals surface area contributed by atoms with Crippen molar-refractivity contribution in [2.45, 2.75) is 20.2 Å². The predicted octanol–water partition coefficient (Wildman–Crippen LogP) is 0.459. The highest BCUT2D eigenvalue weighted by Crippen LogP contribution is 2.04. The molecule has 0 saturated heterocycles. The number of nitrogens with zero attached hydrogens (tertiary/aromatic N) is 4. The monoisotopic (exact) mass is 263 g/mol. The van der Waals surface area contributed by atoms with Gasteiger partial charge in [0.05, 0.1) is 5.69 Å². The Morgan fingerprint density at radius 1 is 1.47 bits per heavy atom. The minimum Gasteiger partial charge on any atom is -0.362 e. The summed E-state index contributed by atoms with van der Waals surface area (Å²) in [6.45, 7) is 2.68. The second-order valence-electron chi connectivity index (χ2n) is 4.25. The number of hydrogen-bond donors (Lipinski definition) is 1. The van der Waals surface area contributed by atoms with Gasteiger partial charge in [0.25, 0.3) is 5.91 Å². The number of rotatable bonds is 5. The summed E-state index contributed by atoms with van der Waals surface area (Å²) in [6.07, 6.45) is 3.59. The Labute approximate surface area is 111 Å². The van der Waals surface area contributed by atoms with Crippen molar-refractivity contribution >= 4 is 5.91 Å². The van der Waals surface area contributed by atoms with Gasteiger partial charge in [-0.15, -0.1) is 0 Å². The SMILES string of the molecule is COCn1ccc(C(=O)NCc2cn(C)nc2C)n1. The average Bonchev–Trinajstić information content (AvgIpc) is 2.94. The van der Waals surface area contributed by atoms with Gasteiger partial charge in [0.2, 0.25) is 0 Å². The molecule has 1 amide bonds. The Kier molecular flexibility index (Phi) is 3.96. The summed E-state index contributed by atoms with van der Waals surface area (Å²) in [5.74, 6) is -0.210. The maximum Gasteiger partial charge on any atom is 0.272 e.